The number of hydrogen-bond acceptors (Lipinski definition) is 4. The number of hydrogen-bond donors (Lipinski definition) is 2. The second kappa shape index (κ2) is 9.39. The first-order chi connectivity index (χ1) is 11.6. The summed E-state index contributed by atoms with van der Waals surface area (Å²) in [5, 5.41) is 5.41. The molecule has 1 aromatic carbocycles. The highest BCUT2D eigenvalue weighted by Crippen LogP contribution is 2.11. The van der Waals surface area contributed by atoms with Crippen molar-refractivity contribution in [2.24, 2.45) is 0 Å². The monoisotopic (exact) mass is 330 g/mol. The van der Waals surface area contributed by atoms with Crippen molar-refractivity contribution in [2.45, 2.75) is 19.8 Å². The quantitative estimate of drug-likeness (QED) is 0.691. The van der Waals surface area contributed by atoms with Gasteiger partial charge in [-0.15, -0.1) is 0 Å². The third-order valence-corrected chi connectivity index (χ3v) is 3.32. The van der Waals surface area contributed by atoms with Crippen molar-refractivity contribution in [1.29, 1.82) is 0 Å². The molecule has 1 aromatic heterocycles. The van der Waals surface area contributed by atoms with Crippen molar-refractivity contribution in [1.82, 2.24) is 10.6 Å². The minimum absolute atomic E-state index is 0.0604. The van der Waals surface area contributed by atoms with E-state index in [0.717, 1.165) is 5.75 Å². The van der Waals surface area contributed by atoms with Gasteiger partial charge in [0.25, 0.3) is 5.91 Å². The second-order valence-corrected chi connectivity index (χ2v) is 5.35. The van der Waals surface area contributed by atoms with E-state index in [0.29, 0.717) is 32.5 Å². The molecule has 0 aliphatic carbocycles. The molecular formula is C18H22N2O4. The fraction of sp³-hybridized carbons (Fsp3) is 0.333. The van der Waals surface area contributed by atoms with Gasteiger partial charge in [0.05, 0.1) is 12.9 Å². The maximum absolute atomic E-state index is 11.7. The summed E-state index contributed by atoms with van der Waals surface area (Å²) in [4.78, 5) is 23.3. The van der Waals surface area contributed by atoms with Crippen LogP contribution in [0.5, 0.6) is 5.75 Å². The number of aryl methyl sites for hydroxylation is 1. The highest BCUT2D eigenvalue weighted by atomic mass is 16.5. The van der Waals surface area contributed by atoms with Crippen LogP contribution in [0.3, 0.4) is 0 Å². The molecule has 0 bridgehead atoms. The van der Waals surface area contributed by atoms with Gasteiger partial charge in [0.15, 0.2) is 5.76 Å². The van der Waals surface area contributed by atoms with E-state index >= 15 is 0 Å². The number of nitrogens with one attached hydrogen (secondary N) is 2. The zero-order valence-electron chi connectivity index (χ0n) is 13.7. The minimum Gasteiger partial charge on any atom is -0.494 e. The maximum Gasteiger partial charge on any atom is 0.287 e. The van der Waals surface area contributed by atoms with Crippen LogP contribution in [0.4, 0.5) is 0 Å². The van der Waals surface area contributed by atoms with E-state index in [1.807, 2.05) is 31.2 Å². The third kappa shape index (κ3) is 6.16. The number of carbonyl (C=O) groups is 2. The van der Waals surface area contributed by atoms with Gasteiger partial charge in [-0.1, -0.05) is 17.7 Å². The van der Waals surface area contributed by atoms with E-state index in [-0.39, 0.29) is 17.6 Å². The van der Waals surface area contributed by atoms with Gasteiger partial charge >= 0.3 is 0 Å². The normalized spacial score (nSPS) is 10.2. The Morgan fingerprint density at radius 2 is 1.83 bits per heavy atom. The number of benzene rings is 1. The Hall–Kier alpha value is -2.76. The molecule has 128 valence electrons. The van der Waals surface area contributed by atoms with Crippen molar-refractivity contribution in [3.63, 3.8) is 0 Å². The van der Waals surface area contributed by atoms with E-state index in [1.165, 1.54) is 11.8 Å². The Morgan fingerprint density at radius 3 is 2.54 bits per heavy atom. The fourth-order valence-corrected chi connectivity index (χ4v) is 2.02. The first kappa shape index (κ1) is 17.6. The zero-order chi connectivity index (χ0) is 17.2. The van der Waals surface area contributed by atoms with Crippen LogP contribution in [0.15, 0.2) is 47.1 Å². The maximum atomic E-state index is 11.7. The van der Waals surface area contributed by atoms with E-state index in [9.17, 15) is 9.59 Å². The molecule has 0 aliphatic rings. The van der Waals surface area contributed by atoms with E-state index in [2.05, 4.69) is 10.6 Å². The third-order valence-electron chi connectivity index (χ3n) is 3.32. The van der Waals surface area contributed by atoms with E-state index in [4.69, 9.17) is 9.15 Å². The van der Waals surface area contributed by atoms with Crippen LogP contribution in [0, 0.1) is 6.92 Å². The molecule has 6 nitrogen and oxygen atoms in total. The summed E-state index contributed by atoms with van der Waals surface area (Å²) in [7, 11) is 0. The molecule has 0 saturated heterocycles. The SMILES string of the molecule is Cc1ccc(OCCCC(=O)NCCNC(=O)c2ccco2)cc1. The molecule has 0 spiro atoms. The molecule has 2 N–H and O–H groups in total. The van der Waals surface area contributed by atoms with Crippen LogP contribution in [-0.4, -0.2) is 31.5 Å². The lowest BCUT2D eigenvalue weighted by Crippen LogP contribution is -2.34. The van der Waals surface area contributed by atoms with Crippen molar-refractivity contribution < 1.29 is 18.7 Å². The van der Waals surface area contributed by atoms with Gasteiger partial charge < -0.3 is 19.8 Å². The molecule has 1 heterocycles. The highest BCUT2D eigenvalue weighted by Gasteiger charge is 2.07. The van der Waals surface area contributed by atoms with Crippen LogP contribution < -0.4 is 15.4 Å². The Balaban J connectivity index is 1.50. The molecule has 0 unspecified atom stereocenters. The van der Waals surface area contributed by atoms with Gasteiger partial charge in [0.1, 0.15) is 5.75 Å². The van der Waals surface area contributed by atoms with E-state index < -0.39 is 0 Å². The largest absolute Gasteiger partial charge is 0.494 e. The number of furan rings is 1. The predicted octanol–water partition coefficient (Wildman–Crippen LogP) is 2.29. The molecule has 0 fully saturated rings. The molecule has 2 rings (SSSR count). The topological polar surface area (TPSA) is 80.6 Å². The lowest BCUT2D eigenvalue weighted by molar-refractivity contribution is -0.121. The Kier molecular flexibility index (Phi) is 6.89. The molecule has 0 radical (unpaired) electrons. The van der Waals surface area contributed by atoms with Crippen LogP contribution in [0.25, 0.3) is 0 Å². The standard InChI is InChI=1S/C18H22N2O4/c1-14-6-8-15(9-7-14)23-12-3-5-17(21)19-10-11-20-18(22)16-4-2-13-24-16/h2,4,6-9,13H,3,5,10-12H2,1H3,(H,19,21)(H,20,22). The number of ether oxygens (including phenoxy) is 1. The zero-order valence-corrected chi connectivity index (χ0v) is 13.7. The van der Waals surface area contributed by atoms with E-state index in [1.54, 1.807) is 12.1 Å². The minimum atomic E-state index is -0.291. The fourth-order valence-electron chi connectivity index (χ4n) is 2.02. The molecule has 2 aromatic rings. The molecule has 6 heteroatoms. The summed E-state index contributed by atoms with van der Waals surface area (Å²) in [5.41, 5.74) is 1.18. The molecular weight excluding hydrogens is 308 g/mol. The molecule has 0 atom stereocenters. The average Bonchev–Trinajstić information content (AvgIpc) is 3.12. The molecule has 2 amide bonds. The van der Waals surface area contributed by atoms with Crippen LogP contribution in [0.2, 0.25) is 0 Å². The van der Waals surface area contributed by atoms with Gasteiger partial charge in [-0.05, 0) is 37.6 Å². The Morgan fingerprint density at radius 1 is 1.08 bits per heavy atom. The Labute approximate surface area is 141 Å². The van der Waals surface area contributed by atoms with Gasteiger partial charge in [-0.3, -0.25) is 9.59 Å². The van der Waals surface area contributed by atoms with Gasteiger partial charge in [0, 0.05) is 19.5 Å². The second-order valence-electron chi connectivity index (χ2n) is 5.35. The average molecular weight is 330 g/mol. The van der Waals surface area contributed by atoms with Gasteiger partial charge in [-0.25, -0.2) is 0 Å². The molecule has 0 saturated carbocycles. The van der Waals surface area contributed by atoms with Crippen molar-refractivity contribution in [2.75, 3.05) is 19.7 Å². The molecule has 0 aliphatic heterocycles. The van der Waals surface area contributed by atoms with Crippen LogP contribution in [-0.2, 0) is 4.79 Å². The van der Waals surface area contributed by atoms with Gasteiger partial charge in [-0.2, -0.15) is 0 Å². The molecule has 24 heavy (non-hydrogen) atoms. The van der Waals surface area contributed by atoms with Crippen molar-refractivity contribution in [3.05, 3.63) is 54.0 Å². The lowest BCUT2D eigenvalue weighted by atomic mass is 10.2. The summed E-state index contributed by atoms with van der Waals surface area (Å²) in [5.74, 6) is 0.715. The first-order valence-corrected chi connectivity index (χ1v) is 7.93. The summed E-state index contributed by atoms with van der Waals surface area (Å²) in [6.45, 7) is 3.24. The summed E-state index contributed by atoms with van der Waals surface area (Å²) >= 11 is 0. The number of carbonyl (C=O) groups excluding carboxylic acids is 2. The summed E-state index contributed by atoms with van der Waals surface area (Å²) < 4.78 is 10.5. The smallest absolute Gasteiger partial charge is 0.287 e. The van der Waals surface area contributed by atoms with Crippen LogP contribution >= 0.6 is 0 Å². The Bertz CT molecular complexity index is 636. The van der Waals surface area contributed by atoms with Crippen LogP contribution in [0.1, 0.15) is 29.0 Å². The predicted molar refractivity (Wildman–Crippen MR) is 90.0 cm³/mol. The summed E-state index contributed by atoms with van der Waals surface area (Å²) in [6.07, 6.45) is 2.46. The number of rotatable bonds is 9. The van der Waals surface area contributed by atoms with Crippen molar-refractivity contribution >= 4 is 11.8 Å². The summed E-state index contributed by atoms with van der Waals surface area (Å²) in [6, 6.07) is 11.0. The van der Waals surface area contributed by atoms with Gasteiger partial charge in [0.2, 0.25) is 5.91 Å². The first-order valence-electron chi connectivity index (χ1n) is 7.93. The van der Waals surface area contributed by atoms with Crippen molar-refractivity contribution in [3.8, 4) is 5.75 Å². The lowest BCUT2D eigenvalue weighted by Gasteiger charge is -2.08. The highest BCUT2D eigenvalue weighted by molar-refractivity contribution is 5.91. The number of amides is 2.